The molecule has 0 radical (unpaired) electrons. The summed E-state index contributed by atoms with van der Waals surface area (Å²) >= 11 is 4.11. The maximum atomic E-state index is 12.9. The molecule has 0 aliphatic carbocycles. The van der Waals surface area contributed by atoms with Crippen molar-refractivity contribution in [3.63, 3.8) is 0 Å². The lowest BCUT2D eigenvalue weighted by atomic mass is 10.1. The van der Waals surface area contributed by atoms with Crippen LogP contribution in [0.15, 0.2) is 0 Å². The van der Waals surface area contributed by atoms with E-state index in [4.69, 9.17) is 21.7 Å². The monoisotopic (exact) mass is 461 g/mol. The Labute approximate surface area is 185 Å². The summed E-state index contributed by atoms with van der Waals surface area (Å²) in [7, 11) is 0. The molecule has 0 aromatic carbocycles. The number of rotatable bonds is 13. The minimum Gasteiger partial charge on any atom is -0.481 e. The predicted molar refractivity (Wildman–Crippen MR) is 113 cm³/mol. The number of carboxylic acid groups (broad SMARTS) is 2. The molecule has 0 spiro atoms. The van der Waals surface area contributed by atoms with E-state index in [1.54, 1.807) is 0 Å². The fourth-order valence-electron chi connectivity index (χ4n) is 3.25. The van der Waals surface area contributed by atoms with Crippen LogP contribution in [0.5, 0.6) is 0 Å². The number of aliphatic carboxylic acids is 2. The summed E-state index contributed by atoms with van der Waals surface area (Å²) in [6.07, 6.45) is 1.78. The van der Waals surface area contributed by atoms with Gasteiger partial charge < -0.3 is 37.2 Å². The number of nitrogens with two attached hydrogens (primary N) is 2. The Hall–Kier alpha value is -2.38. The van der Waals surface area contributed by atoms with Crippen LogP contribution in [0.3, 0.4) is 0 Å². The van der Waals surface area contributed by atoms with Crippen LogP contribution in [0.2, 0.25) is 0 Å². The molecule has 3 amide bonds. The topological polar surface area (TPSA) is 205 Å². The van der Waals surface area contributed by atoms with Gasteiger partial charge in [-0.05, 0) is 32.2 Å². The number of carbonyl (C=O) groups is 5. The van der Waals surface area contributed by atoms with Gasteiger partial charge in [0.1, 0.15) is 18.1 Å². The van der Waals surface area contributed by atoms with Gasteiger partial charge in [0.05, 0.1) is 12.5 Å². The second-order valence-electron chi connectivity index (χ2n) is 7.32. The zero-order valence-electron chi connectivity index (χ0n) is 17.2. The van der Waals surface area contributed by atoms with Crippen molar-refractivity contribution in [1.82, 2.24) is 15.5 Å². The predicted octanol–water partition coefficient (Wildman–Crippen LogP) is -2.11. The highest BCUT2D eigenvalue weighted by Crippen LogP contribution is 2.19. The van der Waals surface area contributed by atoms with Crippen molar-refractivity contribution in [2.75, 3.05) is 18.8 Å². The molecule has 1 saturated heterocycles. The first-order chi connectivity index (χ1) is 14.6. The van der Waals surface area contributed by atoms with Crippen molar-refractivity contribution in [2.45, 2.75) is 62.7 Å². The van der Waals surface area contributed by atoms with E-state index in [0.29, 0.717) is 25.8 Å². The standard InChI is InChI=1S/C18H31N5O7S/c19-6-2-1-4-10(20)15(26)22-12(9-31)17(28)23-7-3-5-13(23)16(27)21-11(18(29)30)8-14(24)25/h10-13,31H,1-9,19-20H2,(H,21,27)(H,22,26)(H,24,25)(H,29,30). The summed E-state index contributed by atoms with van der Waals surface area (Å²) in [6.45, 7) is 0.718. The summed E-state index contributed by atoms with van der Waals surface area (Å²) in [5.41, 5.74) is 11.3. The minimum atomic E-state index is -1.62. The maximum absolute atomic E-state index is 12.9. The molecule has 31 heavy (non-hydrogen) atoms. The van der Waals surface area contributed by atoms with E-state index in [2.05, 4.69) is 23.3 Å². The molecule has 1 fully saturated rings. The molecular formula is C18H31N5O7S. The van der Waals surface area contributed by atoms with E-state index in [-0.39, 0.29) is 18.7 Å². The van der Waals surface area contributed by atoms with Gasteiger partial charge in [0.25, 0.3) is 0 Å². The van der Waals surface area contributed by atoms with Gasteiger partial charge >= 0.3 is 11.9 Å². The Kier molecular flexibility index (Phi) is 11.3. The highest BCUT2D eigenvalue weighted by atomic mass is 32.1. The third-order valence-electron chi connectivity index (χ3n) is 4.94. The molecule has 0 aromatic heterocycles. The number of nitrogens with zero attached hydrogens (tertiary/aromatic N) is 1. The second kappa shape index (κ2) is 13.1. The van der Waals surface area contributed by atoms with Gasteiger partial charge in [0.2, 0.25) is 17.7 Å². The minimum absolute atomic E-state index is 0.0261. The van der Waals surface area contributed by atoms with Crippen molar-refractivity contribution >= 4 is 42.3 Å². The summed E-state index contributed by atoms with van der Waals surface area (Å²) < 4.78 is 0. The van der Waals surface area contributed by atoms with Crippen LogP contribution in [0, 0.1) is 0 Å². The van der Waals surface area contributed by atoms with Crippen LogP contribution in [0.4, 0.5) is 0 Å². The third-order valence-corrected chi connectivity index (χ3v) is 5.30. The molecule has 1 rings (SSSR count). The van der Waals surface area contributed by atoms with Crippen molar-refractivity contribution in [2.24, 2.45) is 11.5 Å². The van der Waals surface area contributed by atoms with Crippen LogP contribution >= 0.6 is 12.6 Å². The lowest BCUT2D eigenvalue weighted by Crippen LogP contribution is -2.57. The van der Waals surface area contributed by atoms with Gasteiger partial charge in [-0.3, -0.25) is 19.2 Å². The molecule has 176 valence electrons. The first-order valence-corrected chi connectivity index (χ1v) is 10.7. The van der Waals surface area contributed by atoms with E-state index in [1.807, 2.05) is 0 Å². The van der Waals surface area contributed by atoms with Crippen molar-refractivity contribution in [3.05, 3.63) is 0 Å². The first-order valence-electron chi connectivity index (χ1n) is 10.0. The van der Waals surface area contributed by atoms with E-state index >= 15 is 0 Å². The zero-order chi connectivity index (χ0) is 23.6. The lowest BCUT2D eigenvalue weighted by molar-refractivity contribution is -0.148. The fourth-order valence-corrected chi connectivity index (χ4v) is 3.50. The molecular weight excluding hydrogens is 430 g/mol. The molecule has 1 aliphatic heterocycles. The number of unbranched alkanes of at least 4 members (excludes halogenated alkanes) is 1. The van der Waals surface area contributed by atoms with Crippen molar-refractivity contribution in [3.8, 4) is 0 Å². The third kappa shape index (κ3) is 8.34. The summed E-state index contributed by atoms with van der Waals surface area (Å²) in [5.74, 6) is -4.72. The van der Waals surface area contributed by atoms with E-state index in [9.17, 15) is 24.0 Å². The Morgan fingerprint density at radius 3 is 2.32 bits per heavy atom. The quantitative estimate of drug-likeness (QED) is 0.118. The molecule has 13 heteroatoms. The maximum Gasteiger partial charge on any atom is 0.326 e. The number of amides is 3. The molecule has 12 nitrogen and oxygen atoms in total. The number of thiol groups is 1. The zero-order valence-corrected chi connectivity index (χ0v) is 18.1. The van der Waals surface area contributed by atoms with Gasteiger partial charge in [0.15, 0.2) is 0 Å². The number of nitrogens with one attached hydrogen (secondary N) is 2. The SMILES string of the molecule is NCCCCC(N)C(=O)NC(CS)C(=O)N1CCCC1C(=O)NC(CC(=O)O)C(=O)O. The normalized spacial score (nSPS) is 18.7. The lowest BCUT2D eigenvalue weighted by Gasteiger charge is -2.29. The van der Waals surface area contributed by atoms with Crippen molar-refractivity contribution in [1.29, 1.82) is 0 Å². The van der Waals surface area contributed by atoms with Gasteiger partial charge in [0, 0.05) is 12.3 Å². The van der Waals surface area contributed by atoms with Gasteiger partial charge in [-0.15, -0.1) is 0 Å². The molecule has 0 bridgehead atoms. The number of hydrogen-bond acceptors (Lipinski definition) is 8. The summed E-state index contributed by atoms with van der Waals surface area (Å²) in [4.78, 5) is 61.0. The Morgan fingerprint density at radius 2 is 1.77 bits per heavy atom. The highest BCUT2D eigenvalue weighted by Gasteiger charge is 2.39. The average molecular weight is 462 g/mol. The van der Waals surface area contributed by atoms with Gasteiger partial charge in [-0.1, -0.05) is 6.42 Å². The number of carboxylic acids is 2. The molecule has 8 N–H and O–H groups in total. The average Bonchev–Trinajstić information content (AvgIpc) is 3.20. The van der Waals surface area contributed by atoms with Crippen LogP contribution in [-0.4, -0.2) is 87.8 Å². The van der Waals surface area contributed by atoms with Crippen LogP contribution < -0.4 is 22.1 Å². The number of likely N-dealkylation sites (tertiary alicyclic amines) is 1. The van der Waals surface area contributed by atoms with E-state index < -0.39 is 60.2 Å². The molecule has 0 aromatic rings. The number of carbonyl (C=O) groups excluding carboxylic acids is 3. The van der Waals surface area contributed by atoms with E-state index in [0.717, 1.165) is 6.42 Å². The van der Waals surface area contributed by atoms with Gasteiger partial charge in [-0.25, -0.2) is 4.79 Å². The molecule has 4 atom stereocenters. The Bertz CT molecular complexity index is 678. The Morgan fingerprint density at radius 1 is 1.10 bits per heavy atom. The summed E-state index contributed by atoms with van der Waals surface area (Å²) in [5, 5.41) is 22.6. The molecule has 1 aliphatic rings. The molecule has 4 unspecified atom stereocenters. The number of hydrogen-bond donors (Lipinski definition) is 7. The van der Waals surface area contributed by atoms with Gasteiger partial charge in [-0.2, -0.15) is 12.6 Å². The first kappa shape index (κ1) is 26.7. The summed E-state index contributed by atoms with van der Waals surface area (Å²) in [6, 6.07) is -4.42. The largest absolute Gasteiger partial charge is 0.481 e. The fraction of sp³-hybridized carbons (Fsp3) is 0.722. The molecule has 1 heterocycles. The van der Waals surface area contributed by atoms with Crippen molar-refractivity contribution < 1.29 is 34.2 Å². The second-order valence-corrected chi connectivity index (χ2v) is 7.69. The Balaban J connectivity index is 2.78. The molecule has 0 saturated carbocycles. The van der Waals surface area contributed by atoms with Crippen LogP contribution in [0.25, 0.3) is 0 Å². The smallest absolute Gasteiger partial charge is 0.326 e. The van der Waals surface area contributed by atoms with E-state index in [1.165, 1.54) is 4.90 Å². The van der Waals surface area contributed by atoms with Crippen LogP contribution in [0.1, 0.15) is 38.5 Å². The van der Waals surface area contributed by atoms with Crippen LogP contribution in [-0.2, 0) is 24.0 Å². The highest BCUT2D eigenvalue weighted by molar-refractivity contribution is 7.80.